The third-order valence-electron chi connectivity index (χ3n) is 3.24. The van der Waals surface area contributed by atoms with Crippen LogP contribution in [0.15, 0.2) is 36.7 Å². The van der Waals surface area contributed by atoms with Crippen molar-refractivity contribution in [2.75, 3.05) is 26.5 Å². The molecule has 1 atom stereocenters. The highest BCUT2D eigenvalue weighted by atomic mass is 16.7. The highest BCUT2D eigenvalue weighted by molar-refractivity contribution is 5.46. The molecule has 7 nitrogen and oxygen atoms in total. The van der Waals surface area contributed by atoms with Gasteiger partial charge in [-0.1, -0.05) is 0 Å². The highest BCUT2D eigenvalue weighted by Gasteiger charge is 2.14. The maximum Gasteiger partial charge on any atom is 0.231 e. The summed E-state index contributed by atoms with van der Waals surface area (Å²) in [6, 6.07) is 7.24. The van der Waals surface area contributed by atoms with Crippen molar-refractivity contribution in [3.05, 3.63) is 36.7 Å². The summed E-state index contributed by atoms with van der Waals surface area (Å²) in [5.41, 5.74) is 0. The third-order valence-corrected chi connectivity index (χ3v) is 3.24. The Labute approximate surface area is 128 Å². The van der Waals surface area contributed by atoms with Crippen molar-refractivity contribution in [3.63, 3.8) is 0 Å². The van der Waals surface area contributed by atoms with Gasteiger partial charge >= 0.3 is 0 Å². The minimum Gasteiger partial charge on any atom is -0.491 e. The Kier molecular flexibility index (Phi) is 4.77. The molecule has 0 bridgehead atoms. The number of rotatable bonds is 8. The van der Waals surface area contributed by atoms with E-state index in [4.69, 9.17) is 14.2 Å². The Morgan fingerprint density at radius 3 is 3.14 bits per heavy atom. The van der Waals surface area contributed by atoms with E-state index in [1.807, 2.05) is 16.9 Å². The lowest BCUT2D eigenvalue weighted by Crippen LogP contribution is -2.33. The van der Waals surface area contributed by atoms with E-state index in [1.165, 1.54) is 0 Å². The predicted molar refractivity (Wildman–Crippen MR) is 79.2 cm³/mol. The van der Waals surface area contributed by atoms with Crippen molar-refractivity contribution in [2.45, 2.75) is 12.6 Å². The molecule has 0 spiro atoms. The van der Waals surface area contributed by atoms with E-state index in [2.05, 4.69) is 10.4 Å². The maximum absolute atomic E-state index is 9.90. The van der Waals surface area contributed by atoms with E-state index < -0.39 is 6.10 Å². The molecule has 2 heterocycles. The molecule has 1 aliphatic rings. The summed E-state index contributed by atoms with van der Waals surface area (Å²) in [5.74, 6) is 2.04. The number of hydrogen-bond acceptors (Lipinski definition) is 6. The molecule has 2 N–H and O–H groups in total. The van der Waals surface area contributed by atoms with Crippen LogP contribution in [0.3, 0.4) is 0 Å². The second-order valence-electron chi connectivity index (χ2n) is 4.95. The van der Waals surface area contributed by atoms with Crippen LogP contribution in [0.25, 0.3) is 0 Å². The van der Waals surface area contributed by atoms with E-state index >= 15 is 0 Å². The number of ether oxygens (including phenoxy) is 3. The van der Waals surface area contributed by atoms with E-state index in [0.29, 0.717) is 23.8 Å². The molecular formula is C15H19N3O4. The molecule has 0 unspecified atom stereocenters. The van der Waals surface area contributed by atoms with E-state index in [9.17, 15) is 5.11 Å². The van der Waals surface area contributed by atoms with Crippen molar-refractivity contribution in [1.82, 2.24) is 15.1 Å². The van der Waals surface area contributed by atoms with Crippen LogP contribution in [0.4, 0.5) is 0 Å². The molecule has 0 saturated heterocycles. The first-order valence-electron chi connectivity index (χ1n) is 7.20. The summed E-state index contributed by atoms with van der Waals surface area (Å²) in [7, 11) is 0. The van der Waals surface area contributed by atoms with Crippen molar-refractivity contribution >= 4 is 0 Å². The topological polar surface area (TPSA) is 77.8 Å². The highest BCUT2D eigenvalue weighted by Crippen LogP contribution is 2.35. The zero-order valence-electron chi connectivity index (χ0n) is 12.1. The van der Waals surface area contributed by atoms with Gasteiger partial charge in [0.25, 0.3) is 0 Å². The summed E-state index contributed by atoms with van der Waals surface area (Å²) in [4.78, 5) is 0. The number of nitrogens with one attached hydrogen (secondary N) is 1. The SMILES string of the molecule is O[C@H](CNCCn1cccn1)COc1ccc2c(c1)OCO2. The maximum atomic E-state index is 9.90. The van der Waals surface area contributed by atoms with Crippen molar-refractivity contribution in [1.29, 1.82) is 0 Å². The van der Waals surface area contributed by atoms with E-state index in [-0.39, 0.29) is 13.4 Å². The molecule has 118 valence electrons. The molecule has 1 aliphatic heterocycles. The van der Waals surface area contributed by atoms with Gasteiger partial charge in [-0.15, -0.1) is 0 Å². The van der Waals surface area contributed by atoms with Gasteiger partial charge in [-0.25, -0.2) is 0 Å². The van der Waals surface area contributed by atoms with Gasteiger partial charge in [0, 0.05) is 31.5 Å². The zero-order valence-corrected chi connectivity index (χ0v) is 12.1. The number of hydrogen-bond donors (Lipinski definition) is 2. The van der Waals surface area contributed by atoms with Crippen LogP contribution in [-0.2, 0) is 6.54 Å². The van der Waals surface area contributed by atoms with Gasteiger partial charge in [0.1, 0.15) is 18.5 Å². The lowest BCUT2D eigenvalue weighted by Gasteiger charge is -2.13. The van der Waals surface area contributed by atoms with Crippen LogP contribution in [-0.4, -0.2) is 47.5 Å². The lowest BCUT2D eigenvalue weighted by molar-refractivity contribution is 0.106. The minimum atomic E-state index is -0.581. The fourth-order valence-corrected chi connectivity index (χ4v) is 2.11. The molecule has 0 radical (unpaired) electrons. The first-order chi connectivity index (χ1) is 10.8. The number of aromatic nitrogens is 2. The number of benzene rings is 1. The third kappa shape index (κ3) is 3.90. The van der Waals surface area contributed by atoms with Gasteiger partial charge in [-0.3, -0.25) is 4.68 Å². The number of fused-ring (bicyclic) bond motifs is 1. The summed E-state index contributed by atoms with van der Waals surface area (Å²) >= 11 is 0. The molecule has 0 aliphatic carbocycles. The first kappa shape index (κ1) is 14.7. The van der Waals surface area contributed by atoms with Crippen molar-refractivity contribution in [3.8, 4) is 17.2 Å². The largest absolute Gasteiger partial charge is 0.491 e. The molecule has 0 saturated carbocycles. The molecule has 22 heavy (non-hydrogen) atoms. The second kappa shape index (κ2) is 7.15. The van der Waals surface area contributed by atoms with Gasteiger partial charge in [0.2, 0.25) is 6.79 Å². The zero-order chi connectivity index (χ0) is 15.2. The fourth-order valence-electron chi connectivity index (χ4n) is 2.11. The number of aliphatic hydroxyl groups excluding tert-OH is 1. The van der Waals surface area contributed by atoms with Gasteiger partial charge < -0.3 is 24.6 Å². The first-order valence-corrected chi connectivity index (χ1v) is 7.20. The molecule has 0 amide bonds. The molecule has 2 aromatic rings. The van der Waals surface area contributed by atoms with Crippen LogP contribution in [0, 0.1) is 0 Å². The van der Waals surface area contributed by atoms with Gasteiger partial charge in [-0.05, 0) is 18.2 Å². The molecular weight excluding hydrogens is 286 g/mol. The minimum absolute atomic E-state index is 0.217. The monoisotopic (exact) mass is 305 g/mol. The predicted octanol–water partition coefficient (Wildman–Crippen LogP) is 0.641. The van der Waals surface area contributed by atoms with Crippen LogP contribution in [0.5, 0.6) is 17.2 Å². The summed E-state index contributed by atoms with van der Waals surface area (Å²) in [6.45, 7) is 2.42. The second-order valence-corrected chi connectivity index (χ2v) is 4.95. The number of aliphatic hydroxyl groups is 1. The Morgan fingerprint density at radius 1 is 1.36 bits per heavy atom. The molecule has 7 heteroatoms. The van der Waals surface area contributed by atoms with Crippen LogP contribution < -0.4 is 19.5 Å². The van der Waals surface area contributed by atoms with E-state index in [1.54, 1.807) is 24.4 Å². The van der Waals surface area contributed by atoms with Gasteiger partial charge in [0.15, 0.2) is 11.5 Å². The Hall–Kier alpha value is -2.25. The molecule has 3 rings (SSSR count). The van der Waals surface area contributed by atoms with Crippen molar-refractivity contribution < 1.29 is 19.3 Å². The average Bonchev–Trinajstić information content (AvgIpc) is 3.20. The van der Waals surface area contributed by atoms with Crippen LogP contribution in [0.2, 0.25) is 0 Å². The Bertz CT molecular complexity index is 588. The summed E-state index contributed by atoms with van der Waals surface area (Å²) in [5, 5.41) is 17.2. The summed E-state index contributed by atoms with van der Waals surface area (Å²) < 4.78 is 17.9. The Balaban J connectivity index is 1.34. The standard InChI is InChI=1S/C15H19N3O4/c19-12(9-16-5-7-18-6-1-4-17-18)10-20-13-2-3-14-15(8-13)22-11-21-14/h1-4,6,8,12,16,19H,5,7,9-11H2/t12-/m1/s1. The summed E-state index contributed by atoms with van der Waals surface area (Å²) in [6.07, 6.45) is 3.07. The quantitative estimate of drug-likeness (QED) is 0.697. The fraction of sp³-hybridized carbons (Fsp3) is 0.400. The Morgan fingerprint density at radius 2 is 2.27 bits per heavy atom. The van der Waals surface area contributed by atoms with Crippen molar-refractivity contribution in [2.24, 2.45) is 0 Å². The van der Waals surface area contributed by atoms with Crippen LogP contribution >= 0.6 is 0 Å². The lowest BCUT2D eigenvalue weighted by atomic mass is 10.3. The average molecular weight is 305 g/mol. The normalized spacial score (nSPS) is 14.0. The van der Waals surface area contributed by atoms with Gasteiger partial charge in [-0.2, -0.15) is 5.10 Å². The smallest absolute Gasteiger partial charge is 0.231 e. The number of nitrogens with zero attached hydrogens (tertiary/aromatic N) is 2. The van der Waals surface area contributed by atoms with Gasteiger partial charge in [0.05, 0.1) is 6.54 Å². The molecule has 0 fully saturated rings. The van der Waals surface area contributed by atoms with Crippen LogP contribution in [0.1, 0.15) is 0 Å². The molecule has 1 aromatic carbocycles. The van der Waals surface area contributed by atoms with E-state index in [0.717, 1.165) is 13.1 Å². The molecule has 1 aromatic heterocycles.